The molecule has 5 heteroatoms. The topological polar surface area (TPSA) is 50.4 Å². The fourth-order valence-electron chi connectivity index (χ4n) is 1.87. The van der Waals surface area contributed by atoms with Gasteiger partial charge in [-0.3, -0.25) is 4.79 Å². The normalized spacial score (nSPS) is 27.4. The molecule has 1 amide bonds. The van der Waals surface area contributed by atoms with Crippen molar-refractivity contribution in [3.05, 3.63) is 0 Å². The first-order valence-electron chi connectivity index (χ1n) is 5.87. The summed E-state index contributed by atoms with van der Waals surface area (Å²) in [5.41, 5.74) is -0.124. The summed E-state index contributed by atoms with van der Waals surface area (Å²) in [5, 5.41) is 6.09. The summed E-state index contributed by atoms with van der Waals surface area (Å²) in [4.78, 5) is 11.5. The van der Waals surface area contributed by atoms with E-state index in [2.05, 4.69) is 10.6 Å². The van der Waals surface area contributed by atoms with Crippen molar-refractivity contribution in [3.8, 4) is 0 Å². The fourth-order valence-corrected chi connectivity index (χ4v) is 3.16. The molecule has 0 radical (unpaired) electrons. The zero-order valence-electron chi connectivity index (χ0n) is 9.75. The third kappa shape index (κ3) is 3.37. The Morgan fingerprint density at radius 3 is 3.00 bits per heavy atom. The van der Waals surface area contributed by atoms with Crippen LogP contribution >= 0.6 is 11.8 Å². The number of ether oxygens (including phenoxy) is 1. The molecule has 4 nitrogen and oxygen atoms in total. The Balaban J connectivity index is 1.57. The minimum absolute atomic E-state index is 0.0185. The van der Waals surface area contributed by atoms with Crippen LogP contribution in [0, 0.1) is 5.92 Å². The maximum atomic E-state index is 11.5. The SMILES string of the molecule is CC1(OCC(=O)NCC2CCSC2)CNC1. The molecule has 0 aromatic rings. The third-order valence-corrected chi connectivity index (χ3v) is 4.39. The number of hydrogen-bond donors (Lipinski definition) is 2. The first-order valence-corrected chi connectivity index (χ1v) is 7.03. The van der Waals surface area contributed by atoms with Gasteiger partial charge < -0.3 is 15.4 Å². The second-order valence-electron chi connectivity index (χ2n) is 4.88. The van der Waals surface area contributed by atoms with Crippen LogP contribution in [0.4, 0.5) is 0 Å². The van der Waals surface area contributed by atoms with Gasteiger partial charge in [0.25, 0.3) is 0 Å². The molecule has 0 bridgehead atoms. The molecule has 2 rings (SSSR count). The molecule has 0 aromatic heterocycles. The number of carbonyl (C=O) groups is 1. The van der Waals surface area contributed by atoms with Crippen molar-refractivity contribution in [3.63, 3.8) is 0 Å². The number of carbonyl (C=O) groups excluding carboxylic acids is 1. The number of amides is 1. The van der Waals surface area contributed by atoms with E-state index in [0.29, 0.717) is 5.92 Å². The molecule has 2 heterocycles. The quantitative estimate of drug-likeness (QED) is 0.727. The van der Waals surface area contributed by atoms with Gasteiger partial charge in [0.2, 0.25) is 5.91 Å². The number of rotatable bonds is 5. The Labute approximate surface area is 101 Å². The molecule has 92 valence electrons. The molecule has 2 saturated heterocycles. The summed E-state index contributed by atoms with van der Waals surface area (Å²) < 4.78 is 5.56. The van der Waals surface area contributed by atoms with E-state index in [4.69, 9.17) is 4.74 Å². The summed E-state index contributed by atoms with van der Waals surface area (Å²) in [7, 11) is 0. The Morgan fingerprint density at radius 2 is 2.44 bits per heavy atom. The van der Waals surface area contributed by atoms with Gasteiger partial charge in [-0.2, -0.15) is 11.8 Å². The van der Waals surface area contributed by atoms with E-state index in [0.717, 1.165) is 19.6 Å². The number of nitrogens with one attached hydrogen (secondary N) is 2. The molecular formula is C11H20N2O2S. The van der Waals surface area contributed by atoms with Crippen molar-refractivity contribution >= 4 is 17.7 Å². The summed E-state index contributed by atoms with van der Waals surface area (Å²) >= 11 is 1.97. The van der Waals surface area contributed by atoms with E-state index in [1.807, 2.05) is 18.7 Å². The van der Waals surface area contributed by atoms with Gasteiger partial charge in [-0.25, -0.2) is 0 Å². The molecule has 2 aliphatic rings. The van der Waals surface area contributed by atoms with Gasteiger partial charge in [0, 0.05) is 19.6 Å². The molecule has 2 aliphatic heterocycles. The zero-order valence-corrected chi connectivity index (χ0v) is 10.6. The van der Waals surface area contributed by atoms with E-state index in [1.54, 1.807) is 0 Å². The molecular weight excluding hydrogens is 224 g/mol. The molecule has 0 aromatic carbocycles. The molecule has 1 unspecified atom stereocenters. The van der Waals surface area contributed by atoms with Gasteiger partial charge in [0.1, 0.15) is 6.61 Å². The average molecular weight is 244 g/mol. The van der Waals surface area contributed by atoms with Crippen LogP contribution in [0.3, 0.4) is 0 Å². The maximum absolute atomic E-state index is 11.5. The van der Waals surface area contributed by atoms with Crippen LogP contribution in [0.5, 0.6) is 0 Å². The molecule has 2 fully saturated rings. The molecule has 0 spiro atoms. The van der Waals surface area contributed by atoms with Crippen molar-refractivity contribution in [2.24, 2.45) is 5.92 Å². The van der Waals surface area contributed by atoms with Crippen LogP contribution in [0.25, 0.3) is 0 Å². The highest BCUT2D eigenvalue weighted by molar-refractivity contribution is 7.99. The summed E-state index contributed by atoms with van der Waals surface area (Å²) in [6, 6.07) is 0. The largest absolute Gasteiger partial charge is 0.363 e. The van der Waals surface area contributed by atoms with Gasteiger partial charge in [-0.1, -0.05) is 0 Å². The molecule has 0 aliphatic carbocycles. The monoisotopic (exact) mass is 244 g/mol. The Kier molecular flexibility index (Phi) is 4.10. The average Bonchev–Trinajstić information content (AvgIpc) is 2.73. The predicted molar refractivity (Wildman–Crippen MR) is 65.7 cm³/mol. The fraction of sp³-hybridized carbons (Fsp3) is 0.909. The first-order chi connectivity index (χ1) is 7.68. The van der Waals surface area contributed by atoms with Crippen LogP contribution in [0.1, 0.15) is 13.3 Å². The van der Waals surface area contributed by atoms with Gasteiger partial charge in [-0.15, -0.1) is 0 Å². The number of thioether (sulfide) groups is 1. The standard InChI is InChI=1S/C11H20N2O2S/c1-11(7-12-8-11)15-5-10(14)13-4-9-2-3-16-6-9/h9,12H,2-8H2,1H3,(H,13,14). The van der Waals surface area contributed by atoms with Gasteiger partial charge in [-0.05, 0) is 30.8 Å². The van der Waals surface area contributed by atoms with Gasteiger partial charge >= 0.3 is 0 Å². The van der Waals surface area contributed by atoms with Gasteiger partial charge in [0.15, 0.2) is 0 Å². The second kappa shape index (κ2) is 5.38. The lowest BCUT2D eigenvalue weighted by Crippen LogP contribution is -2.59. The summed E-state index contributed by atoms with van der Waals surface area (Å²) in [6.07, 6.45) is 1.23. The van der Waals surface area contributed by atoms with E-state index in [9.17, 15) is 4.79 Å². The lowest BCUT2D eigenvalue weighted by Gasteiger charge is -2.38. The maximum Gasteiger partial charge on any atom is 0.246 e. The zero-order chi connectivity index (χ0) is 11.4. The van der Waals surface area contributed by atoms with Crippen LogP contribution in [-0.2, 0) is 9.53 Å². The predicted octanol–water partition coefficient (Wildman–Crippen LogP) is 0.234. The highest BCUT2D eigenvalue weighted by Crippen LogP contribution is 2.22. The minimum atomic E-state index is -0.124. The molecule has 16 heavy (non-hydrogen) atoms. The number of hydrogen-bond acceptors (Lipinski definition) is 4. The highest BCUT2D eigenvalue weighted by atomic mass is 32.2. The Bertz CT molecular complexity index is 250. The van der Waals surface area contributed by atoms with E-state index in [1.165, 1.54) is 17.9 Å². The van der Waals surface area contributed by atoms with Crippen molar-refractivity contribution < 1.29 is 9.53 Å². The molecule has 1 atom stereocenters. The Hall–Kier alpha value is -0.260. The lowest BCUT2D eigenvalue weighted by molar-refractivity contribution is -0.135. The first kappa shape index (κ1) is 12.2. The minimum Gasteiger partial charge on any atom is -0.363 e. The van der Waals surface area contributed by atoms with Crippen LogP contribution < -0.4 is 10.6 Å². The van der Waals surface area contributed by atoms with E-state index in [-0.39, 0.29) is 18.1 Å². The van der Waals surface area contributed by atoms with E-state index >= 15 is 0 Å². The van der Waals surface area contributed by atoms with Crippen molar-refractivity contribution in [2.45, 2.75) is 18.9 Å². The lowest BCUT2D eigenvalue weighted by atomic mass is 10.0. The third-order valence-electron chi connectivity index (χ3n) is 3.16. The molecule has 2 N–H and O–H groups in total. The van der Waals surface area contributed by atoms with Crippen LogP contribution in [0.15, 0.2) is 0 Å². The highest BCUT2D eigenvalue weighted by Gasteiger charge is 2.33. The molecule has 0 saturated carbocycles. The van der Waals surface area contributed by atoms with Crippen LogP contribution in [0.2, 0.25) is 0 Å². The van der Waals surface area contributed by atoms with Crippen molar-refractivity contribution in [1.29, 1.82) is 0 Å². The Morgan fingerprint density at radius 1 is 1.62 bits per heavy atom. The summed E-state index contributed by atoms with van der Waals surface area (Å²) in [5.74, 6) is 3.10. The summed E-state index contributed by atoms with van der Waals surface area (Å²) in [6.45, 7) is 4.73. The van der Waals surface area contributed by atoms with Crippen molar-refractivity contribution in [1.82, 2.24) is 10.6 Å². The second-order valence-corrected chi connectivity index (χ2v) is 6.03. The van der Waals surface area contributed by atoms with Gasteiger partial charge in [0.05, 0.1) is 5.60 Å². The van der Waals surface area contributed by atoms with Crippen molar-refractivity contribution in [2.75, 3.05) is 37.7 Å². The van der Waals surface area contributed by atoms with Crippen LogP contribution in [-0.4, -0.2) is 49.3 Å². The van der Waals surface area contributed by atoms with E-state index < -0.39 is 0 Å². The smallest absolute Gasteiger partial charge is 0.246 e.